The zero-order valence-electron chi connectivity index (χ0n) is 12.3. The highest BCUT2D eigenvalue weighted by Crippen LogP contribution is 2.18. The molecule has 2 rings (SSSR count). The average molecular weight is 279 g/mol. The van der Waals surface area contributed by atoms with Crippen LogP contribution in [0.3, 0.4) is 0 Å². The zero-order valence-corrected chi connectivity index (χ0v) is 12.3. The van der Waals surface area contributed by atoms with Gasteiger partial charge in [-0.3, -0.25) is 4.79 Å². The van der Waals surface area contributed by atoms with Gasteiger partial charge in [-0.1, -0.05) is 0 Å². The summed E-state index contributed by atoms with van der Waals surface area (Å²) >= 11 is 0. The van der Waals surface area contributed by atoms with E-state index in [1.807, 2.05) is 20.8 Å². The fourth-order valence-electron chi connectivity index (χ4n) is 1.96. The van der Waals surface area contributed by atoms with E-state index in [2.05, 4.69) is 5.32 Å². The first-order valence-electron chi connectivity index (χ1n) is 6.66. The van der Waals surface area contributed by atoms with Crippen molar-refractivity contribution in [2.24, 2.45) is 7.05 Å². The molecule has 0 bridgehead atoms. The van der Waals surface area contributed by atoms with Crippen LogP contribution in [0.1, 0.15) is 20.8 Å². The van der Waals surface area contributed by atoms with Crippen molar-refractivity contribution in [3.63, 3.8) is 0 Å². The first-order valence-corrected chi connectivity index (χ1v) is 6.66. The Morgan fingerprint density at radius 2 is 2.00 bits per heavy atom. The van der Waals surface area contributed by atoms with Crippen molar-refractivity contribution in [3.05, 3.63) is 28.7 Å². The maximum absolute atomic E-state index is 11.8. The number of likely N-dealkylation sites (tertiary alicyclic amines) is 1. The molecule has 0 saturated carbocycles. The highest BCUT2D eigenvalue weighted by Gasteiger charge is 2.33. The van der Waals surface area contributed by atoms with E-state index in [0.29, 0.717) is 13.1 Å². The topological polar surface area (TPSA) is 63.6 Å². The molecule has 1 amide bonds. The molecule has 1 aliphatic heterocycles. The number of nitrogens with one attached hydrogen (secondary N) is 1. The summed E-state index contributed by atoms with van der Waals surface area (Å²) in [5.74, 6) is 0. The second kappa shape index (κ2) is 5.19. The van der Waals surface area contributed by atoms with E-state index in [0.717, 1.165) is 5.69 Å². The van der Waals surface area contributed by atoms with Gasteiger partial charge in [0, 0.05) is 32.4 Å². The number of ether oxygens (including phenoxy) is 1. The number of amides is 1. The Hall–Kier alpha value is -1.98. The zero-order chi connectivity index (χ0) is 14.9. The Kier molecular flexibility index (Phi) is 3.74. The van der Waals surface area contributed by atoms with Crippen LogP contribution >= 0.6 is 0 Å². The molecule has 1 saturated heterocycles. The molecule has 6 nitrogen and oxygen atoms in total. The van der Waals surface area contributed by atoms with Crippen molar-refractivity contribution in [3.8, 4) is 0 Å². The van der Waals surface area contributed by atoms with Crippen molar-refractivity contribution in [1.82, 2.24) is 9.47 Å². The van der Waals surface area contributed by atoms with Gasteiger partial charge < -0.3 is 19.5 Å². The predicted octanol–water partition coefficient (Wildman–Crippen LogP) is 1.42. The van der Waals surface area contributed by atoms with Gasteiger partial charge in [0.2, 0.25) is 5.56 Å². The normalized spacial score (nSPS) is 15.7. The Morgan fingerprint density at radius 3 is 2.55 bits per heavy atom. The molecule has 1 N–H and O–H groups in total. The van der Waals surface area contributed by atoms with Crippen molar-refractivity contribution < 1.29 is 9.53 Å². The van der Waals surface area contributed by atoms with E-state index in [1.165, 1.54) is 10.6 Å². The minimum atomic E-state index is -0.465. The number of aromatic nitrogens is 1. The third kappa shape index (κ3) is 3.53. The van der Waals surface area contributed by atoms with Crippen molar-refractivity contribution >= 4 is 11.8 Å². The monoisotopic (exact) mass is 279 g/mol. The van der Waals surface area contributed by atoms with Crippen LogP contribution < -0.4 is 10.9 Å². The highest BCUT2D eigenvalue weighted by molar-refractivity contribution is 5.69. The Balaban J connectivity index is 1.83. The SMILES string of the molecule is Cn1cc(NC2CN(C(=O)OC(C)(C)C)C2)ccc1=O. The molecule has 1 aliphatic rings. The standard InChI is InChI=1S/C14H21N3O3/c1-14(2,3)20-13(19)17-8-11(9-17)15-10-5-6-12(18)16(4)7-10/h5-7,11,15H,8-9H2,1-4H3. The molecule has 0 aromatic carbocycles. The van der Waals surface area contributed by atoms with Crippen molar-refractivity contribution in [1.29, 1.82) is 0 Å². The van der Waals surface area contributed by atoms with E-state index >= 15 is 0 Å². The van der Waals surface area contributed by atoms with Crippen LogP contribution in [0.4, 0.5) is 10.5 Å². The summed E-state index contributed by atoms with van der Waals surface area (Å²) in [5, 5.41) is 3.28. The number of hydrogen-bond acceptors (Lipinski definition) is 4. The number of hydrogen-bond donors (Lipinski definition) is 1. The summed E-state index contributed by atoms with van der Waals surface area (Å²) in [4.78, 5) is 24.7. The summed E-state index contributed by atoms with van der Waals surface area (Å²) in [6.07, 6.45) is 1.47. The fourth-order valence-corrected chi connectivity index (χ4v) is 1.96. The quantitative estimate of drug-likeness (QED) is 0.889. The van der Waals surface area contributed by atoms with Crippen LogP contribution in [0, 0.1) is 0 Å². The third-order valence-corrected chi connectivity index (χ3v) is 2.99. The number of anilines is 1. The van der Waals surface area contributed by atoms with E-state index < -0.39 is 5.60 Å². The van der Waals surface area contributed by atoms with Crippen LogP contribution in [0.2, 0.25) is 0 Å². The van der Waals surface area contributed by atoms with Gasteiger partial charge in [-0.2, -0.15) is 0 Å². The fraction of sp³-hybridized carbons (Fsp3) is 0.571. The van der Waals surface area contributed by atoms with Gasteiger partial charge in [-0.25, -0.2) is 4.79 Å². The lowest BCUT2D eigenvalue weighted by molar-refractivity contribution is 0.0105. The molecule has 6 heteroatoms. The number of carbonyl (C=O) groups excluding carboxylic acids is 1. The first-order chi connectivity index (χ1) is 9.24. The Bertz CT molecular complexity index is 554. The molecular formula is C14H21N3O3. The van der Waals surface area contributed by atoms with E-state index in [-0.39, 0.29) is 17.7 Å². The predicted molar refractivity (Wildman–Crippen MR) is 76.9 cm³/mol. The van der Waals surface area contributed by atoms with Crippen LogP contribution in [-0.2, 0) is 11.8 Å². The van der Waals surface area contributed by atoms with Gasteiger partial charge in [0.05, 0.1) is 11.7 Å². The van der Waals surface area contributed by atoms with Gasteiger partial charge in [0.15, 0.2) is 0 Å². The summed E-state index contributed by atoms with van der Waals surface area (Å²) < 4.78 is 6.81. The molecule has 1 aromatic rings. The summed E-state index contributed by atoms with van der Waals surface area (Å²) in [6.45, 7) is 6.77. The lowest BCUT2D eigenvalue weighted by atomic mass is 10.1. The molecular weight excluding hydrogens is 258 g/mol. The minimum Gasteiger partial charge on any atom is -0.444 e. The highest BCUT2D eigenvalue weighted by atomic mass is 16.6. The minimum absolute atomic E-state index is 0.0421. The van der Waals surface area contributed by atoms with Gasteiger partial charge in [0.1, 0.15) is 5.60 Å². The number of pyridine rings is 1. The number of aryl methyl sites for hydroxylation is 1. The van der Waals surface area contributed by atoms with E-state index in [1.54, 1.807) is 24.2 Å². The number of rotatable bonds is 2. The van der Waals surface area contributed by atoms with Gasteiger partial charge >= 0.3 is 6.09 Å². The number of carbonyl (C=O) groups is 1. The second-order valence-electron chi connectivity index (χ2n) is 6.09. The second-order valence-corrected chi connectivity index (χ2v) is 6.09. The largest absolute Gasteiger partial charge is 0.444 e. The van der Waals surface area contributed by atoms with Crippen LogP contribution in [0.5, 0.6) is 0 Å². The summed E-state index contributed by atoms with van der Waals surface area (Å²) in [6, 6.07) is 3.46. The first kappa shape index (κ1) is 14.4. The van der Waals surface area contributed by atoms with Gasteiger partial charge in [-0.15, -0.1) is 0 Å². The summed E-state index contributed by atoms with van der Waals surface area (Å²) in [7, 11) is 1.71. The third-order valence-electron chi connectivity index (χ3n) is 2.99. The molecule has 110 valence electrons. The molecule has 0 atom stereocenters. The van der Waals surface area contributed by atoms with Gasteiger partial charge in [0.25, 0.3) is 0 Å². The molecule has 2 heterocycles. The lowest BCUT2D eigenvalue weighted by Crippen LogP contribution is -2.57. The van der Waals surface area contributed by atoms with Crippen LogP contribution in [0.25, 0.3) is 0 Å². The molecule has 0 spiro atoms. The van der Waals surface area contributed by atoms with E-state index in [4.69, 9.17) is 4.74 Å². The van der Waals surface area contributed by atoms with Crippen molar-refractivity contribution in [2.45, 2.75) is 32.4 Å². The van der Waals surface area contributed by atoms with Crippen LogP contribution in [0.15, 0.2) is 23.1 Å². The molecule has 1 aromatic heterocycles. The average Bonchev–Trinajstić information content (AvgIpc) is 2.25. The number of nitrogens with zero attached hydrogens (tertiary/aromatic N) is 2. The van der Waals surface area contributed by atoms with Gasteiger partial charge in [-0.05, 0) is 26.8 Å². The van der Waals surface area contributed by atoms with Crippen molar-refractivity contribution in [2.75, 3.05) is 18.4 Å². The van der Waals surface area contributed by atoms with Crippen LogP contribution in [-0.4, -0.2) is 40.3 Å². The summed E-state index contributed by atoms with van der Waals surface area (Å²) in [5.41, 5.74) is 0.369. The molecule has 0 unspecified atom stereocenters. The molecule has 0 radical (unpaired) electrons. The Morgan fingerprint density at radius 1 is 1.35 bits per heavy atom. The molecule has 1 fully saturated rings. The maximum atomic E-state index is 11.8. The molecule has 20 heavy (non-hydrogen) atoms. The smallest absolute Gasteiger partial charge is 0.410 e. The Labute approximate surface area is 118 Å². The lowest BCUT2D eigenvalue weighted by Gasteiger charge is -2.40. The molecule has 0 aliphatic carbocycles. The maximum Gasteiger partial charge on any atom is 0.410 e. The van der Waals surface area contributed by atoms with E-state index in [9.17, 15) is 9.59 Å².